The number of hydrogen-bond donors (Lipinski definition) is 3. The summed E-state index contributed by atoms with van der Waals surface area (Å²) < 4.78 is 5.82. The summed E-state index contributed by atoms with van der Waals surface area (Å²) in [4.78, 5) is 26.1. The predicted octanol–water partition coefficient (Wildman–Crippen LogP) is 15.9. The van der Waals surface area contributed by atoms with Crippen molar-refractivity contribution in [2.75, 3.05) is 6.61 Å². The van der Waals surface area contributed by atoms with E-state index in [9.17, 15) is 19.8 Å². The van der Waals surface area contributed by atoms with Crippen LogP contribution in [0.1, 0.15) is 220 Å². The van der Waals surface area contributed by atoms with Crippen molar-refractivity contribution in [2.45, 2.75) is 238 Å². The van der Waals surface area contributed by atoms with E-state index in [0.717, 1.165) is 83.5 Å². The van der Waals surface area contributed by atoms with Gasteiger partial charge in [-0.2, -0.15) is 0 Å². The normalized spacial score (nSPS) is 14.1. The van der Waals surface area contributed by atoms with Crippen molar-refractivity contribution >= 4 is 11.9 Å². The van der Waals surface area contributed by atoms with Gasteiger partial charge in [-0.1, -0.05) is 240 Å². The van der Waals surface area contributed by atoms with E-state index in [1.165, 1.54) is 89.9 Å². The van der Waals surface area contributed by atoms with E-state index in [2.05, 4.69) is 123 Å². The summed E-state index contributed by atoms with van der Waals surface area (Å²) in [5, 5.41) is 23.7. The van der Waals surface area contributed by atoms with Gasteiger partial charge in [0.25, 0.3) is 0 Å². The summed E-state index contributed by atoms with van der Waals surface area (Å²) in [6, 6.07) is -0.752. The van der Waals surface area contributed by atoms with Gasteiger partial charge in [-0.3, -0.25) is 9.59 Å². The molecule has 0 aromatic rings. The van der Waals surface area contributed by atoms with E-state index in [4.69, 9.17) is 4.74 Å². The minimum atomic E-state index is -0.828. The zero-order valence-corrected chi connectivity index (χ0v) is 41.4. The van der Waals surface area contributed by atoms with Gasteiger partial charge < -0.3 is 20.3 Å². The van der Waals surface area contributed by atoms with E-state index < -0.39 is 18.2 Å². The van der Waals surface area contributed by atoms with Crippen LogP contribution in [0, 0.1) is 0 Å². The number of nitrogens with one attached hydrogen (secondary N) is 1. The second kappa shape index (κ2) is 50.5. The molecule has 3 unspecified atom stereocenters. The summed E-state index contributed by atoms with van der Waals surface area (Å²) >= 11 is 0. The highest BCUT2D eigenvalue weighted by Gasteiger charge is 2.23. The van der Waals surface area contributed by atoms with Crippen molar-refractivity contribution in [2.24, 2.45) is 0 Å². The molecule has 0 spiro atoms. The van der Waals surface area contributed by atoms with E-state index >= 15 is 0 Å². The van der Waals surface area contributed by atoms with Crippen LogP contribution in [0.2, 0.25) is 0 Å². The Morgan fingerprint density at radius 3 is 1.44 bits per heavy atom. The molecule has 0 aliphatic rings. The summed E-state index contributed by atoms with van der Waals surface area (Å²) in [5.41, 5.74) is 0. The van der Waals surface area contributed by atoms with Gasteiger partial charge in [0, 0.05) is 6.42 Å². The number of unbranched alkanes of at least 4 members (excludes halogenated alkanes) is 19. The molecule has 0 bridgehead atoms. The molecular formula is C58H97NO5. The van der Waals surface area contributed by atoms with Crippen molar-refractivity contribution < 1.29 is 24.5 Å². The maximum absolute atomic E-state index is 13.2. The Hall–Kier alpha value is -3.48. The lowest BCUT2D eigenvalue weighted by atomic mass is 10.0. The molecule has 0 radical (unpaired) electrons. The third-order valence-electron chi connectivity index (χ3n) is 11.2. The molecule has 0 saturated heterocycles. The lowest BCUT2D eigenvalue weighted by molar-refractivity contribution is -0.148. The first-order chi connectivity index (χ1) is 31.5. The molecule has 0 rings (SSSR count). The van der Waals surface area contributed by atoms with E-state index in [1.807, 2.05) is 6.08 Å². The zero-order valence-electron chi connectivity index (χ0n) is 41.4. The summed E-state index contributed by atoms with van der Waals surface area (Å²) in [6.07, 6.45) is 68.9. The Bertz CT molecular complexity index is 1320. The Kier molecular flexibility index (Phi) is 47.8. The van der Waals surface area contributed by atoms with Crippen molar-refractivity contribution in [1.82, 2.24) is 5.32 Å². The molecule has 0 aliphatic heterocycles. The third-order valence-corrected chi connectivity index (χ3v) is 11.2. The Morgan fingerprint density at radius 2 is 0.938 bits per heavy atom. The van der Waals surface area contributed by atoms with Gasteiger partial charge in [-0.25, -0.2) is 0 Å². The second-order valence-corrected chi connectivity index (χ2v) is 17.2. The standard InChI is InChI=1S/C58H97NO5/c1-4-7-10-13-16-19-22-25-27-28-30-32-34-37-40-43-46-49-54(64-58(63)51-48-45-42-39-36-33-29-26-23-20-17-14-11-8-5-2)52-57(62)59-55(53-60)56(61)50-47-44-41-38-35-31-24-21-18-15-12-9-6-3/h7-8,10-11,14,16-17,19-20,23,25,27,30,32,37,40,46,49,54-56,60-61H,4-6,9,12-13,15,18,21-22,24,26,28-29,31,33-36,38-39,41-45,47-48,50-53H2,1-3H3,(H,59,62)/b10-7-,11-8+,17-14+,19-16-,23-20+,27-25-,32-30-,40-37-,49-46-. The molecule has 64 heavy (non-hydrogen) atoms. The van der Waals surface area contributed by atoms with E-state index in [0.29, 0.717) is 19.3 Å². The number of allylic oxidation sites excluding steroid dienone is 17. The topological polar surface area (TPSA) is 95.9 Å². The Labute approximate surface area is 394 Å². The smallest absolute Gasteiger partial charge is 0.306 e. The van der Waals surface area contributed by atoms with Crippen LogP contribution in [-0.4, -0.2) is 46.9 Å². The molecule has 1 amide bonds. The molecule has 364 valence electrons. The van der Waals surface area contributed by atoms with Gasteiger partial charge in [0.1, 0.15) is 6.10 Å². The van der Waals surface area contributed by atoms with Crippen molar-refractivity contribution in [3.05, 3.63) is 109 Å². The monoisotopic (exact) mass is 888 g/mol. The van der Waals surface area contributed by atoms with Gasteiger partial charge in [-0.05, 0) is 76.7 Å². The molecule has 6 nitrogen and oxygen atoms in total. The fraction of sp³-hybridized carbons (Fsp3) is 0.655. The Morgan fingerprint density at radius 1 is 0.500 bits per heavy atom. The number of ether oxygens (including phenoxy) is 1. The number of aliphatic hydroxyl groups excluding tert-OH is 2. The van der Waals surface area contributed by atoms with Crippen molar-refractivity contribution in [1.29, 1.82) is 0 Å². The number of esters is 1. The predicted molar refractivity (Wildman–Crippen MR) is 277 cm³/mol. The molecule has 3 N–H and O–H groups in total. The van der Waals surface area contributed by atoms with E-state index in [1.54, 1.807) is 6.08 Å². The highest BCUT2D eigenvalue weighted by molar-refractivity contribution is 5.78. The fourth-order valence-electron chi connectivity index (χ4n) is 7.25. The van der Waals surface area contributed by atoms with Gasteiger partial charge in [-0.15, -0.1) is 0 Å². The van der Waals surface area contributed by atoms with Crippen molar-refractivity contribution in [3.63, 3.8) is 0 Å². The summed E-state index contributed by atoms with van der Waals surface area (Å²) in [5.74, 6) is -0.652. The molecule has 0 aromatic heterocycles. The van der Waals surface area contributed by atoms with Gasteiger partial charge in [0.05, 0.1) is 25.2 Å². The molecule has 0 fully saturated rings. The highest BCUT2D eigenvalue weighted by Crippen LogP contribution is 2.16. The van der Waals surface area contributed by atoms with Crippen LogP contribution in [0.25, 0.3) is 0 Å². The average Bonchev–Trinajstić information content (AvgIpc) is 3.29. The maximum Gasteiger partial charge on any atom is 0.306 e. The van der Waals surface area contributed by atoms with Gasteiger partial charge in [0.2, 0.25) is 5.91 Å². The molecular weight excluding hydrogens is 791 g/mol. The van der Waals surface area contributed by atoms with Crippen LogP contribution in [0.3, 0.4) is 0 Å². The number of rotatable bonds is 45. The minimum absolute atomic E-state index is 0.0583. The lowest BCUT2D eigenvalue weighted by Gasteiger charge is -2.23. The number of aliphatic hydroxyl groups is 2. The first kappa shape index (κ1) is 60.5. The molecule has 0 aromatic carbocycles. The fourth-order valence-corrected chi connectivity index (χ4v) is 7.25. The molecule has 3 atom stereocenters. The number of carbonyl (C=O) groups is 2. The second-order valence-electron chi connectivity index (χ2n) is 17.2. The first-order valence-corrected chi connectivity index (χ1v) is 26.2. The minimum Gasteiger partial charge on any atom is -0.458 e. The highest BCUT2D eigenvalue weighted by atomic mass is 16.5. The van der Waals surface area contributed by atoms with Crippen molar-refractivity contribution in [3.8, 4) is 0 Å². The lowest BCUT2D eigenvalue weighted by Crippen LogP contribution is -2.46. The van der Waals surface area contributed by atoms with Crippen LogP contribution in [0.4, 0.5) is 0 Å². The summed E-state index contributed by atoms with van der Waals surface area (Å²) in [7, 11) is 0. The van der Waals surface area contributed by atoms with Crippen LogP contribution in [-0.2, 0) is 14.3 Å². The van der Waals surface area contributed by atoms with Crippen LogP contribution in [0.5, 0.6) is 0 Å². The van der Waals surface area contributed by atoms with Crippen LogP contribution < -0.4 is 5.32 Å². The van der Waals surface area contributed by atoms with Gasteiger partial charge in [0.15, 0.2) is 0 Å². The number of hydrogen-bond acceptors (Lipinski definition) is 5. The van der Waals surface area contributed by atoms with E-state index in [-0.39, 0.29) is 24.9 Å². The maximum atomic E-state index is 13.2. The molecule has 0 aliphatic carbocycles. The zero-order chi connectivity index (χ0) is 46.7. The Balaban J connectivity index is 4.80. The largest absolute Gasteiger partial charge is 0.458 e. The van der Waals surface area contributed by atoms with Gasteiger partial charge >= 0.3 is 5.97 Å². The average molecular weight is 888 g/mol. The number of carbonyl (C=O) groups excluding carboxylic acids is 2. The first-order valence-electron chi connectivity index (χ1n) is 26.2. The SMILES string of the molecule is CC/C=C\C/C=C\C/C=C\C/C=C\C/C=C\C/C=C\C(CC(=O)NC(CO)C(O)CCCCCCCCCCCCCCC)OC(=O)CCCCCCCCC/C=C/C=C/C=C/CC. The molecule has 0 heterocycles. The molecule has 0 saturated carbocycles. The quantitative estimate of drug-likeness (QED) is 0.0245. The van der Waals surface area contributed by atoms with Crippen LogP contribution >= 0.6 is 0 Å². The third kappa shape index (κ3) is 45.1. The summed E-state index contributed by atoms with van der Waals surface area (Å²) in [6.45, 7) is 6.19. The molecule has 6 heteroatoms. The van der Waals surface area contributed by atoms with Crippen LogP contribution in [0.15, 0.2) is 109 Å². The number of amides is 1.